The van der Waals surface area contributed by atoms with Crippen LogP contribution >= 0.6 is 22.9 Å². The zero-order valence-corrected chi connectivity index (χ0v) is 21.6. The van der Waals surface area contributed by atoms with Crippen molar-refractivity contribution in [2.75, 3.05) is 12.8 Å². The molecule has 3 aromatic rings. The largest absolute Gasteiger partial charge is 0.497 e. The molecule has 11 heteroatoms. The molecule has 1 aromatic carbocycles. The molecule has 3 amide bonds. The van der Waals surface area contributed by atoms with Gasteiger partial charge in [0.15, 0.2) is 5.69 Å². The van der Waals surface area contributed by atoms with Crippen LogP contribution in [0.2, 0.25) is 0 Å². The van der Waals surface area contributed by atoms with Crippen LogP contribution in [0.1, 0.15) is 68.7 Å². The van der Waals surface area contributed by atoms with Crippen molar-refractivity contribution in [3.63, 3.8) is 0 Å². The van der Waals surface area contributed by atoms with Gasteiger partial charge < -0.3 is 26.4 Å². The van der Waals surface area contributed by atoms with Crippen molar-refractivity contribution in [3.8, 4) is 5.75 Å². The summed E-state index contributed by atoms with van der Waals surface area (Å²) in [5.74, 6) is -0.936. The summed E-state index contributed by atoms with van der Waals surface area (Å²) in [6, 6.07) is 9.99. The maximum atomic E-state index is 13.9. The number of nitrogen functional groups attached to an aromatic ring is 1. The standard InChI is InChI=1S/C25H29N5O4S2/c1-34-17-11-9-15(10-12-17)21(24(32)28-16-6-3-2-4-7-16)30(14-18-8-5-13-35-18)25(33)22-19(26)20(23(27)31)29-36-22/h5,8-13,16,21H,2-4,6-7,14,26H2,1H3,(H2,27,31)(H,28,32). The number of anilines is 1. The summed E-state index contributed by atoms with van der Waals surface area (Å²) in [7, 11) is 1.57. The number of rotatable bonds is 9. The summed E-state index contributed by atoms with van der Waals surface area (Å²) in [6.45, 7) is 0.175. The van der Waals surface area contributed by atoms with Crippen LogP contribution in [-0.2, 0) is 11.3 Å². The minimum absolute atomic E-state index is 0.0561. The molecule has 36 heavy (non-hydrogen) atoms. The van der Waals surface area contributed by atoms with Gasteiger partial charge in [-0.1, -0.05) is 37.5 Å². The van der Waals surface area contributed by atoms with Crippen LogP contribution in [0.5, 0.6) is 5.75 Å². The number of nitrogens with one attached hydrogen (secondary N) is 1. The fourth-order valence-corrected chi connectivity index (χ4v) is 5.86. The average Bonchev–Trinajstić information content (AvgIpc) is 3.54. The Balaban J connectivity index is 1.76. The number of thiophene rings is 1. The average molecular weight is 528 g/mol. The Morgan fingerprint density at radius 2 is 1.89 bits per heavy atom. The second kappa shape index (κ2) is 11.5. The van der Waals surface area contributed by atoms with E-state index in [1.54, 1.807) is 31.4 Å². The summed E-state index contributed by atoms with van der Waals surface area (Å²) in [5.41, 5.74) is 11.9. The van der Waals surface area contributed by atoms with Crippen LogP contribution < -0.4 is 21.5 Å². The van der Waals surface area contributed by atoms with E-state index in [1.807, 2.05) is 17.5 Å². The molecule has 0 aliphatic heterocycles. The maximum Gasteiger partial charge on any atom is 0.270 e. The first kappa shape index (κ1) is 25.6. The van der Waals surface area contributed by atoms with Gasteiger partial charge in [-0.05, 0) is 53.5 Å². The summed E-state index contributed by atoms with van der Waals surface area (Å²) in [4.78, 5) is 41.9. The Morgan fingerprint density at radius 3 is 2.47 bits per heavy atom. The predicted octanol–water partition coefficient (Wildman–Crippen LogP) is 3.73. The number of nitrogens with two attached hydrogens (primary N) is 2. The Kier molecular flexibility index (Phi) is 8.21. The van der Waals surface area contributed by atoms with Gasteiger partial charge in [-0.15, -0.1) is 11.3 Å². The molecular formula is C25H29N5O4S2. The van der Waals surface area contributed by atoms with Crippen LogP contribution in [0.4, 0.5) is 5.69 Å². The highest BCUT2D eigenvalue weighted by Crippen LogP contribution is 2.32. The second-order valence-corrected chi connectivity index (χ2v) is 10.5. The molecule has 9 nitrogen and oxygen atoms in total. The van der Waals surface area contributed by atoms with Gasteiger partial charge in [-0.25, -0.2) is 0 Å². The highest BCUT2D eigenvalue weighted by atomic mass is 32.1. The van der Waals surface area contributed by atoms with Crippen LogP contribution in [0.15, 0.2) is 41.8 Å². The molecule has 1 saturated carbocycles. The van der Waals surface area contributed by atoms with E-state index >= 15 is 0 Å². The van der Waals surface area contributed by atoms with Gasteiger partial charge >= 0.3 is 0 Å². The van der Waals surface area contributed by atoms with E-state index in [0.29, 0.717) is 11.3 Å². The monoisotopic (exact) mass is 527 g/mol. The number of benzene rings is 1. The quantitative estimate of drug-likeness (QED) is 0.387. The Morgan fingerprint density at radius 1 is 1.17 bits per heavy atom. The topological polar surface area (TPSA) is 141 Å². The number of amides is 3. The van der Waals surface area contributed by atoms with Crippen molar-refractivity contribution in [1.29, 1.82) is 0 Å². The molecule has 2 aromatic heterocycles. The predicted molar refractivity (Wildman–Crippen MR) is 140 cm³/mol. The molecule has 0 radical (unpaired) electrons. The molecule has 1 aliphatic rings. The first-order chi connectivity index (χ1) is 17.4. The number of aromatic nitrogens is 1. The second-order valence-electron chi connectivity index (χ2n) is 8.67. The normalized spacial score (nSPS) is 14.7. The van der Waals surface area contributed by atoms with Crippen molar-refractivity contribution < 1.29 is 19.1 Å². The van der Waals surface area contributed by atoms with Crippen LogP contribution in [0, 0.1) is 0 Å². The first-order valence-corrected chi connectivity index (χ1v) is 13.4. The maximum absolute atomic E-state index is 13.9. The number of primary amides is 1. The highest BCUT2D eigenvalue weighted by Gasteiger charge is 2.36. The first-order valence-electron chi connectivity index (χ1n) is 11.7. The fourth-order valence-electron chi connectivity index (χ4n) is 4.40. The fraction of sp³-hybridized carbons (Fsp3) is 0.360. The number of hydrogen-bond donors (Lipinski definition) is 3. The molecule has 1 aliphatic carbocycles. The lowest BCUT2D eigenvalue weighted by Crippen LogP contribution is -2.46. The Bertz CT molecular complexity index is 1200. The molecule has 0 bridgehead atoms. The number of methoxy groups -OCH3 is 1. The van der Waals surface area contributed by atoms with Crippen LogP contribution in [0.25, 0.3) is 0 Å². The van der Waals surface area contributed by atoms with E-state index in [9.17, 15) is 14.4 Å². The molecule has 0 saturated heterocycles. The van der Waals surface area contributed by atoms with Crippen molar-refractivity contribution in [3.05, 3.63) is 62.8 Å². The van der Waals surface area contributed by atoms with Crippen molar-refractivity contribution in [2.24, 2.45) is 5.73 Å². The summed E-state index contributed by atoms with van der Waals surface area (Å²) in [5, 5.41) is 5.08. The smallest absolute Gasteiger partial charge is 0.270 e. The molecule has 5 N–H and O–H groups in total. The van der Waals surface area contributed by atoms with Gasteiger partial charge in [-0.2, -0.15) is 4.37 Å². The summed E-state index contributed by atoms with van der Waals surface area (Å²) in [6.07, 6.45) is 5.09. The number of nitrogens with zero attached hydrogens (tertiary/aromatic N) is 2. The van der Waals surface area contributed by atoms with E-state index in [4.69, 9.17) is 16.2 Å². The van der Waals surface area contributed by atoms with E-state index in [2.05, 4.69) is 9.69 Å². The summed E-state index contributed by atoms with van der Waals surface area (Å²) >= 11 is 2.29. The third-order valence-corrected chi connectivity index (χ3v) is 7.98. The zero-order chi connectivity index (χ0) is 25.7. The summed E-state index contributed by atoms with van der Waals surface area (Å²) < 4.78 is 9.28. The minimum atomic E-state index is -0.939. The van der Waals surface area contributed by atoms with Crippen molar-refractivity contribution in [1.82, 2.24) is 14.6 Å². The molecule has 190 valence electrons. The molecule has 0 spiro atoms. The minimum Gasteiger partial charge on any atom is -0.497 e. The molecule has 1 atom stereocenters. The lowest BCUT2D eigenvalue weighted by Gasteiger charge is -2.33. The van der Waals surface area contributed by atoms with Crippen molar-refractivity contribution in [2.45, 2.75) is 50.7 Å². The van der Waals surface area contributed by atoms with Gasteiger partial charge in [-0.3, -0.25) is 14.4 Å². The molecule has 4 rings (SSSR count). The van der Waals surface area contributed by atoms with Crippen LogP contribution in [-0.4, -0.2) is 40.1 Å². The lowest BCUT2D eigenvalue weighted by molar-refractivity contribution is -0.127. The van der Waals surface area contributed by atoms with Gasteiger partial charge in [0.2, 0.25) is 5.91 Å². The van der Waals surface area contributed by atoms with Gasteiger partial charge in [0.05, 0.1) is 19.3 Å². The molecule has 1 unspecified atom stereocenters. The third kappa shape index (κ3) is 5.68. The molecular weight excluding hydrogens is 498 g/mol. The number of ether oxygens (including phenoxy) is 1. The third-order valence-electron chi connectivity index (χ3n) is 6.27. The lowest BCUT2D eigenvalue weighted by atomic mass is 9.94. The van der Waals surface area contributed by atoms with Crippen LogP contribution in [0.3, 0.4) is 0 Å². The SMILES string of the molecule is COc1ccc(C(C(=O)NC2CCCCC2)N(Cc2cccs2)C(=O)c2snc(C(N)=O)c2N)cc1. The van der Waals surface area contributed by atoms with E-state index in [1.165, 1.54) is 16.2 Å². The Hall–Kier alpha value is -3.44. The van der Waals surface area contributed by atoms with E-state index in [-0.39, 0.29) is 34.8 Å². The van der Waals surface area contributed by atoms with E-state index in [0.717, 1.165) is 48.5 Å². The van der Waals surface area contributed by atoms with Gasteiger partial charge in [0, 0.05) is 10.9 Å². The number of carbonyl (C=O) groups excluding carboxylic acids is 3. The Labute approximate surface area is 217 Å². The van der Waals surface area contributed by atoms with Crippen molar-refractivity contribution >= 4 is 46.3 Å². The number of carbonyl (C=O) groups is 3. The molecule has 2 heterocycles. The van der Waals surface area contributed by atoms with Gasteiger partial charge in [0.25, 0.3) is 11.8 Å². The van der Waals surface area contributed by atoms with Gasteiger partial charge in [0.1, 0.15) is 16.7 Å². The molecule has 1 fully saturated rings. The van der Waals surface area contributed by atoms with E-state index < -0.39 is 17.9 Å². The highest BCUT2D eigenvalue weighted by molar-refractivity contribution is 7.10. The zero-order valence-electron chi connectivity index (χ0n) is 19.9. The number of hydrogen-bond acceptors (Lipinski definition) is 8.